The summed E-state index contributed by atoms with van der Waals surface area (Å²) < 4.78 is 11.4. The van der Waals surface area contributed by atoms with Gasteiger partial charge in [0, 0.05) is 40.3 Å². The Morgan fingerprint density at radius 2 is 0.767 bits per heavy atom. The van der Waals surface area contributed by atoms with Crippen molar-refractivity contribution >= 4 is 115 Å². The number of fused-ring (bicyclic) bond motifs is 13. The molecule has 4 aromatic carbocycles. The summed E-state index contributed by atoms with van der Waals surface area (Å²) in [7, 11) is 0. The third kappa shape index (κ3) is 1.91. The van der Waals surface area contributed by atoms with E-state index in [0.29, 0.717) is 0 Å². The van der Waals surface area contributed by atoms with Gasteiger partial charge in [-0.05, 0) is 35.0 Å². The first-order valence-corrected chi connectivity index (χ1v) is 13.1. The molecule has 30 heavy (non-hydrogen) atoms. The molecule has 0 spiro atoms. The summed E-state index contributed by atoms with van der Waals surface area (Å²) >= 11 is 7.77. The second-order valence-electron chi connectivity index (χ2n) is 7.69. The fourth-order valence-electron chi connectivity index (χ4n) is 4.80. The van der Waals surface area contributed by atoms with Gasteiger partial charge >= 0.3 is 0 Å². The van der Waals surface area contributed by atoms with Crippen molar-refractivity contribution in [2.45, 2.75) is 0 Å². The highest BCUT2D eigenvalue weighted by Crippen LogP contribution is 2.50. The standard InChI is InChI=1S/C26H12S4/c1-3-7-17-15(5-1)23-25(27-17)21-13-10-12-20-22(14(13)9-11-19(21)29-23)26-24(30-20)16-6-2-4-8-18(16)28-26/h1-12H. The van der Waals surface area contributed by atoms with Gasteiger partial charge in [-0.25, -0.2) is 0 Å². The summed E-state index contributed by atoms with van der Waals surface area (Å²) in [6.45, 7) is 0. The molecule has 0 saturated heterocycles. The first-order chi connectivity index (χ1) is 14.9. The molecule has 0 unspecified atom stereocenters. The van der Waals surface area contributed by atoms with E-state index in [1.807, 2.05) is 45.3 Å². The highest BCUT2D eigenvalue weighted by atomic mass is 32.1. The molecule has 4 aromatic heterocycles. The van der Waals surface area contributed by atoms with Gasteiger partial charge in [-0.2, -0.15) is 0 Å². The lowest BCUT2D eigenvalue weighted by Crippen LogP contribution is -1.74. The van der Waals surface area contributed by atoms with Crippen LogP contribution in [0, 0.1) is 0 Å². The van der Waals surface area contributed by atoms with Crippen molar-refractivity contribution in [3.05, 3.63) is 72.8 Å². The molecule has 8 rings (SSSR count). The molecule has 0 bridgehead atoms. The fraction of sp³-hybridized carbons (Fsp3) is 0. The number of benzene rings is 4. The first kappa shape index (κ1) is 16.2. The van der Waals surface area contributed by atoms with Crippen molar-refractivity contribution < 1.29 is 0 Å². The number of rotatable bonds is 0. The van der Waals surface area contributed by atoms with Gasteiger partial charge in [0.15, 0.2) is 0 Å². The lowest BCUT2D eigenvalue weighted by molar-refractivity contribution is 1.87. The molecule has 0 nitrogen and oxygen atoms in total. The number of thiophene rings is 4. The van der Waals surface area contributed by atoms with Gasteiger partial charge < -0.3 is 0 Å². The third-order valence-electron chi connectivity index (χ3n) is 6.10. The summed E-state index contributed by atoms with van der Waals surface area (Å²) in [5, 5.41) is 8.47. The molecule has 140 valence electrons. The predicted molar refractivity (Wildman–Crippen MR) is 140 cm³/mol. The van der Waals surface area contributed by atoms with Crippen LogP contribution in [0.25, 0.3) is 69.9 Å². The van der Waals surface area contributed by atoms with Crippen molar-refractivity contribution in [2.24, 2.45) is 0 Å². The monoisotopic (exact) mass is 452 g/mol. The Kier molecular flexibility index (Phi) is 3.03. The Morgan fingerprint density at radius 1 is 0.333 bits per heavy atom. The Balaban J connectivity index is 1.61. The summed E-state index contributed by atoms with van der Waals surface area (Å²) in [4.78, 5) is 0. The molecular weight excluding hydrogens is 441 g/mol. The summed E-state index contributed by atoms with van der Waals surface area (Å²) in [5.74, 6) is 0. The highest BCUT2D eigenvalue weighted by Gasteiger charge is 2.18. The molecule has 0 amide bonds. The minimum atomic E-state index is 1.39. The van der Waals surface area contributed by atoms with Gasteiger partial charge in [0.05, 0.1) is 18.8 Å². The zero-order valence-electron chi connectivity index (χ0n) is 15.6. The van der Waals surface area contributed by atoms with Crippen LogP contribution in [0.3, 0.4) is 0 Å². The van der Waals surface area contributed by atoms with E-state index in [2.05, 4.69) is 72.8 Å². The molecule has 0 radical (unpaired) electrons. The maximum Gasteiger partial charge on any atom is 0.0548 e. The molecule has 0 aliphatic carbocycles. The SMILES string of the molecule is c1ccc2c(c1)sc1c2sc2ccc3c(ccc4sc5c6ccccc6sc5c43)c21. The smallest absolute Gasteiger partial charge is 0.0548 e. The van der Waals surface area contributed by atoms with Gasteiger partial charge in [-0.1, -0.05) is 48.5 Å². The molecule has 0 saturated carbocycles. The van der Waals surface area contributed by atoms with Gasteiger partial charge in [0.1, 0.15) is 0 Å². The van der Waals surface area contributed by atoms with E-state index < -0.39 is 0 Å². The van der Waals surface area contributed by atoms with Gasteiger partial charge in [0.25, 0.3) is 0 Å². The second kappa shape index (κ2) is 5.59. The van der Waals surface area contributed by atoms with Gasteiger partial charge in [-0.15, -0.1) is 45.3 Å². The Labute approximate surface area is 187 Å². The molecule has 0 N–H and O–H groups in total. The largest absolute Gasteiger partial charge is 0.134 e. The van der Waals surface area contributed by atoms with Gasteiger partial charge in [0.2, 0.25) is 0 Å². The molecule has 0 atom stereocenters. The van der Waals surface area contributed by atoms with Crippen LogP contribution >= 0.6 is 45.3 Å². The summed E-state index contributed by atoms with van der Waals surface area (Å²) in [6.07, 6.45) is 0. The molecule has 4 heterocycles. The fourth-order valence-corrected chi connectivity index (χ4v) is 10.2. The second-order valence-corrected chi connectivity index (χ2v) is 11.9. The van der Waals surface area contributed by atoms with E-state index in [4.69, 9.17) is 0 Å². The third-order valence-corrected chi connectivity index (χ3v) is 11.1. The van der Waals surface area contributed by atoms with E-state index >= 15 is 0 Å². The molecule has 0 fully saturated rings. The normalized spacial score (nSPS) is 12.7. The van der Waals surface area contributed by atoms with E-state index in [9.17, 15) is 0 Å². The first-order valence-electron chi connectivity index (χ1n) is 9.86. The topological polar surface area (TPSA) is 0 Å². The van der Waals surface area contributed by atoms with Crippen LogP contribution in [-0.2, 0) is 0 Å². The summed E-state index contributed by atoms with van der Waals surface area (Å²) in [5.41, 5.74) is 0. The Morgan fingerprint density at radius 3 is 1.27 bits per heavy atom. The van der Waals surface area contributed by atoms with Crippen molar-refractivity contribution in [1.29, 1.82) is 0 Å². The van der Waals surface area contributed by atoms with Gasteiger partial charge in [-0.3, -0.25) is 0 Å². The van der Waals surface area contributed by atoms with E-state index in [1.165, 1.54) is 69.9 Å². The lowest BCUT2D eigenvalue weighted by atomic mass is 10.0. The van der Waals surface area contributed by atoms with Crippen LogP contribution in [0.5, 0.6) is 0 Å². The molecule has 0 aliphatic heterocycles. The minimum Gasteiger partial charge on any atom is -0.134 e. The Bertz CT molecular complexity index is 1810. The van der Waals surface area contributed by atoms with Crippen LogP contribution in [0.1, 0.15) is 0 Å². The number of hydrogen-bond acceptors (Lipinski definition) is 4. The highest BCUT2D eigenvalue weighted by molar-refractivity contribution is 7.37. The molecular formula is C26H12S4. The maximum atomic E-state index is 2.36. The van der Waals surface area contributed by atoms with Crippen molar-refractivity contribution in [3.63, 3.8) is 0 Å². The van der Waals surface area contributed by atoms with Crippen LogP contribution < -0.4 is 0 Å². The van der Waals surface area contributed by atoms with Crippen LogP contribution in [0.4, 0.5) is 0 Å². The predicted octanol–water partition coefficient (Wildman–Crippen LogP) is 10.0. The average Bonchev–Trinajstić information content (AvgIpc) is 3.50. The average molecular weight is 453 g/mol. The zero-order valence-corrected chi connectivity index (χ0v) is 18.8. The van der Waals surface area contributed by atoms with Crippen molar-refractivity contribution in [3.8, 4) is 0 Å². The minimum absolute atomic E-state index is 1.39. The van der Waals surface area contributed by atoms with Crippen LogP contribution in [-0.4, -0.2) is 0 Å². The van der Waals surface area contributed by atoms with E-state index in [-0.39, 0.29) is 0 Å². The van der Waals surface area contributed by atoms with Crippen LogP contribution in [0.2, 0.25) is 0 Å². The summed E-state index contributed by atoms with van der Waals surface area (Å²) in [6, 6.07) is 27.1. The van der Waals surface area contributed by atoms with Crippen molar-refractivity contribution in [2.75, 3.05) is 0 Å². The molecule has 8 aromatic rings. The Hall–Kier alpha value is -2.50. The van der Waals surface area contributed by atoms with Crippen molar-refractivity contribution in [1.82, 2.24) is 0 Å². The quantitative estimate of drug-likeness (QED) is 0.215. The lowest BCUT2D eigenvalue weighted by Gasteiger charge is -2.02. The van der Waals surface area contributed by atoms with E-state index in [0.717, 1.165) is 0 Å². The number of hydrogen-bond donors (Lipinski definition) is 0. The molecule has 0 aliphatic rings. The zero-order chi connectivity index (χ0) is 19.4. The maximum absolute atomic E-state index is 2.36. The molecule has 4 heteroatoms. The van der Waals surface area contributed by atoms with E-state index in [1.54, 1.807) is 0 Å². The van der Waals surface area contributed by atoms with Crippen LogP contribution in [0.15, 0.2) is 72.8 Å².